The smallest absolute Gasteiger partial charge is 0.222 e. The lowest BCUT2D eigenvalue weighted by atomic mass is 9.98. The van der Waals surface area contributed by atoms with Crippen molar-refractivity contribution in [2.24, 2.45) is 5.11 Å². The summed E-state index contributed by atoms with van der Waals surface area (Å²) in [5.74, 6) is 0.0124. The summed E-state index contributed by atoms with van der Waals surface area (Å²) < 4.78 is 19.8. The molecule has 4 N–H and O–H groups in total. The zero-order chi connectivity index (χ0) is 37.9. The highest BCUT2D eigenvalue weighted by Crippen LogP contribution is 2.34. The van der Waals surface area contributed by atoms with Crippen molar-refractivity contribution in [2.75, 3.05) is 86.2 Å². The second-order valence-corrected chi connectivity index (χ2v) is 14.0. The number of azide groups is 1. The van der Waals surface area contributed by atoms with Gasteiger partial charge in [-0.05, 0) is 48.7 Å². The van der Waals surface area contributed by atoms with Crippen LogP contribution in [0.5, 0.6) is 0 Å². The Kier molecular flexibility index (Phi) is 16.8. The number of quaternary nitrogens is 1. The normalized spacial score (nSPS) is 11.5. The molecule has 0 saturated carbocycles. The maximum absolute atomic E-state index is 12.5. The number of rotatable bonds is 24. The number of aromatic nitrogens is 1. The van der Waals surface area contributed by atoms with Gasteiger partial charge in [-0.2, -0.15) is 4.57 Å². The van der Waals surface area contributed by atoms with E-state index in [0.29, 0.717) is 76.9 Å². The van der Waals surface area contributed by atoms with Gasteiger partial charge in [-0.25, -0.2) is 0 Å². The van der Waals surface area contributed by atoms with Crippen molar-refractivity contribution in [1.82, 2.24) is 10.6 Å². The number of carbonyl (C=O) groups is 2. The lowest BCUT2D eigenvalue weighted by molar-refractivity contribution is -0.870. The summed E-state index contributed by atoms with van der Waals surface area (Å²) >= 11 is 0. The number of nitrogens with zero attached hydrogens (tertiary/aromatic N) is 5. The summed E-state index contributed by atoms with van der Waals surface area (Å²) in [6, 6.07) is 22.0. The number of amides is 2. The van der Waals surface area contributed by atoms with E-state index in [1.54, 1.807) is 0 Å². The van der Waals surface area contributed by atoms with Crippen molar-refractivity contribution < 1.29 is 32.8 Å². The number of nitrogen functional groups attached to an aromatic ring is 1. The molecule has 0 fully saturated rings. The Morgan fingerprint density at radius 1 is 0.755 bits per heavy atom. The highest BCUT2D eigenvalue weighted by atomic mass is 16.5. The molecule has 4 rings (SSSR count). The Balaban J connectivity index is 1.12. The van der Waals surface area contributed by atoms with Gasteiger partial charge in [0.05, 0.1) is 78.1 Å². The SMILES string of the molecule is C[N+](C)(C)CCCNC(=O)CCOCCOCCOCCNC(=O)CCCCC[n+]1c(-c2ccccc2)c2cc(N=[N+]=[N-])ccc2c2ccc(N)cc21. The van der Waals surface area contributed by atoms with Crippen molar-refractivity contribution in [3.63, 3.8) is 0 Å². The number of hydrogen-bond acceptors (Lipinski definition) is 7. The molecule has 0 radical (unpaired) electrons. The zero-order valence-electron chi connectivity index (χ0n) is 31.5. The molecule has 4 aromatic rings. The second-order valence-electron chi connectivity index (χ2n) is 14.0. The predicted molar refractivity (Wildman–Crippen MR) is 209 cm³/mol. The van der Waals surface area contributed by atoms with Crippen LogP contribution in [-0.4, -0.2) is 96.7 Å². The van der Waals surface area contributed by atoms with Crippen LogP contribution in [0.15, 0.2) is 71.8 Å². The van der Waals surface area contributed by atoms with Crippen LogP contribution in [0.4, 0.5) is 11.4 Å². The number of anilines is 1. The van der Waals surface area contributed by atoms with Gasteiger partial charge in [0.2, 0.25) is 23.0 Å². The molecular weight excluding hydrogens is 672 g/mol. The summed E-state index contributed by atoms with van der Waals surface area (Å²) in [6.07, 6.45) is 4.23. The van der Waals surface area contributed by atoms with Gasteiger partial charge < -0.3 is 35.1 Å². The fourth-order valence-electron chi connectivity index (χ4n) is 6.14. The molecule has 13 nitrogen and oxygen atoms in total. The Bertz CT molecular complexity index is 1820. The van der Waals surface area contributed by atoms with Crippen LogP contribution >= 0.6 is 0 Å². The molecule has 0 aliphatic heterocycles. The third-order valence-corrected chi connectivity index (χ3v) is 8.74. The summed E-state index contributed by atoms with van der Waals surface area (Å²) in [5, 5.41) is 12.9. The molecule has 0 aliphatic rings. The van der Waals surface area contributed by atoms with Gasteiger partial charge >= 0.3 is 0 Å². The highest BCUT2D eigenvalue weighted by molar-refractivity contribution is 6.10. The van der Waals surface area contributed by atoms with Gasteiger partial charge in [0.1, 0.15) is 6.54 Å². The molecule has 0 aliphatic carbocycles. The maximum Gasteiger partial charge on any atom is 0.222 e. The first-order chi connectivity index (χ1) is 25.7. The zero-order valence-corrected chi connectivity index (χ0v) is 31.5. The Hall–Kier alpha value is -4.78. The number of nitrogens with two attached hydrogens (primary N) is 1. The summed E-state index contributed by atoms with van der Waals surface area (Å²) in [5.41, 5.74) is 19.7. The van der Waals surface area contributed by atoms with Crippen LogP contribution in [-0.2, 0) is 30.3 Å². The number of aryl methyl sites for hydroxylation is 1. The monoisotopic (exact) mass is 728 g/mol. The lowest BCUT2D eigenvalue weighted by Crippen LogP contribution is -2.37. The summed E-state index contributed by atoms with van der Waals surface area (Å²) in [7, 11) is 6.40. The maximum atomic E-state index is 12.5. The number of benzene rings is 3. The van der Waals surface area contributed by atoms with E-state index in [-0.39, 0.29) is 11.8 Å². The lowest BCUT2D eigenvalue weighted by Gasteiger charge is -2.23. The molecule has 0 bridgehead atoms. The van der Waals surface area contributed by atoms with Crippen molar-refractivity contribution in [3.8, 4) is 11.3 Å². The molecule has 0 unspecified atom stereocenters. The first kappa shape index (κ1) is 41.0. The quantitative estimate of drug-likeness (QED) is 0.0121. The van der Waals surface area contributed by atoms with Crippen LogP contribution < -0.4 is 20.9 Å². The minimum atomic E-state index is 0.00595. The molecule has 53 heavy (non-hydrogen) atoms. The van der Waals surface area contributed by atoms with Crippen molar-refractivity contribution in [1.29, 1.82) is 0 Å². The average molecular weight is 729 g/mol. The van der Waals surface area contributed by atoms with Crippen LogP contribution in [0, 0.1) is 0 Å². The van der Waals surface area contributed by atoms with E-state index in [1.165, 1.54) is 0 Å². The van der Waals surface area contributed by atoms with E-state index < -0.39 is 0 Å². The summed E-state index contributed by atoms with van der Waals surface area (Å²) in [4.78, 5) is 27.3. The van der Waals surface area contributed by atoms with Gasteiger partial charge in [0.15, 0.2) is 0 Å². The van der Waals surface area contributed by atoms with E-state index in [4.69, 9.17) is 25.5 Å². The van der Waals surface area contributed by atoms with Gasteiger partial charge in [0, 0.05) is 72.1 Å². The number of hydrogen-bond donors (Lipinski definition) is 3. The van der Waals surface area contributed by atoms with Crippen molar-refractivity contribution >= 4 is 44.9 Å². The van der Waals surface area contributed by atoms with Crippen molar-refractivity contribution in [2.45, 2.75) is 45.1 Å². The molecule has 13 heteroatoms. The topological polar surface area (TPSA) is 165 Å². The van der Waals surface area contributed by atoms with E-state index >= 15 is 0 Å². The molecule has 2 amide bonds. The molecule has 1 aromatic heterocycles. The first-order valence-electron chi connectivity index (χ1n) is 18.5. The minimum absolute atomic E-state index is 0.00595. The van der Waals surface area contributed by atoms with Crippen molar-refractivity contribution in [3.05, 3.63) is 77.2 Å². The first-order valence-corrected chi connectivity index (χ1v) is 18.5. The standard InChI is InChI=1S/C40H54N8O5/c1-48(2,3)22-10-19-43-39(50)18-23-51-25-27-53-28-26-52-24-20-44-38(49)13-8-5-9-21-47-37-29-32(41)14-16-35(37)34-17-15-33(45-46-42)30-36(34)40(47)31-11-6-4-7-12-31/h4,6-7,11-12,14-17,29-30,41H,5,8-10,13,18-28H2,1-3H3,(H-,43,44,49,50)/p+2. The number of carbonyl (C=O) groups excluding carboxylic acids is 2. The van der Waals surface area contributed by atoms with Crippen LogP contribution in [0.2, 0.25) is 0 Å². The fraction of sp³-hybridized carbons (Fsp3) is 0.475. The molecule has 0 saturated heterocycles. The minimum Gasteiger partial charge on any atom is -0.399 e. The predicted octanol–water partition coefficient (Wildman–Crippen LogP) is 5.80. The molecule has 0 atom stereocenters. The number of pyridine rings is 1. The fourth-order valence-corrected chi connectivity index (χ4v) is 6.14. The Labute approximate surface area is 312 Å². The Morgan fingerprint density at radius 2 is 1.43 bits per heavy atom. The third-order valence-electron chi connectivity index (χ3n) is 8.74. The molecule has 3 aromatic carbocycles. The van der Waals surface area contributed by atoms with Gasteiger partial charge in [-0.15, -0.1) is 0 Å². The van der Waals surface area contributed by atoms with Crippen LogP contribution in [0.1, 0.15) is 38.5 Å². The van der Waals surface area contributed by atoms with Crippen LogP contribution in [0.3, 0.4) is 0 Å². The van der Waals surface area contributed by atoms with Gasteiger partial charge in [-0.1, -0.05) is 35.4 Å². The molecule has 284 valence electrons. The Morgan fingerprint density at radius 3 is 2.17 bits per heavy atom. The number of unbranched alkanes of at least 4 members (excludes halogenated alkanes) is 2. The number of fused-ring (bicyclic) bond motifs is 3. The van der Waals surface area contributed by atoms with Gasteiger partial charge in [0.25, 0.3) is 0 Å². The van der Waals surface area contributed by atoms with Crippen LogP contribution in [0.25, 0.3) is 43.4 Å². The molecule has 1 heterocycles. The molecule has 0 spiro atoms. The van der Waals surface area contributed by atoms with E-state index in [1.807, 2.05) is 54.6 Å². The second kappa shape index (κ2) is 21.7. The average Bonchev–Trinajstić information content (AvgIpc) is 3.13. The largest absolute Gasteiger partial charge is 0.399 e. The van der Waals surface area contributed by atoms with E-state index in [2.05, 4.69) is 58.5 Å². The number of ether oxygens (including phenoxy) is 3. The number of nitrogens with one attached hydrogen (secondary N) is 2. The van der Waals surface area contributed by atoms with E-state index in [9.17, 15) is 9.59 Å². The highest BCUT2D eigenvalue weighted by Gasteiger charge is 2.23. The summed E-state index contributed by atoms with van der Waals surface area (Å²) in [6.45, 7) is 5.36. The van der Waals surface area contributed by atoms with E-state index in [0.717, 1.165) is 76.2 Å². The molecular formula is C40H56N8O5+2. The third kappa shape index (κ3) is 13.9. The van der Waals surface area contributed by atoms with Gasteiger partial charge in [-0.3, -0.25) is 9.59 Å².